The van der Waals surface area contributed by atoms with Crippen molar-refractivity contribution in [2.24, 2.45) is 0 Å². The molecule has 0 bridgehead atoms. The number of amides is 1. The van der Waals surface area contributed by atoms with Crippen LogP contribution < -0.4 is 10.5 Å². The first-order valence-corrected chi connectivity index (χ1v) is 7.02. The molecule has 0 radical (unpaired) electrons. The maximum absolute atomic E-state index is 12.7. The second kappa shape index (κ2) is 4.86. The number of hydrogen-bond donors (Lipinski definition) is 1. The molecule has 2 aromatic heterocycles. The number of aromatic nitrogens is 2. The van der Waals surface area contributed by atoms with Crippen molar-refractivity contribution >= 4 is 27.5 Å². The Morgan fingerprint density at radius 1 is 1.50 bits per heavy atom. The van der Waals surface area contributed by atoms with Gasteiger partial charge in [-0.1, -0.05) is 0 Å². The molecular weight excluding hydrogens is 322 g/mol. The van der Waals surface area contributed by atoms with E-state index in [-0.39, 0.29) is 17.0 Å². The number of fused-ring (bicyclic) bond motifs is 1. The fourth-order valence-corrected chi connectivity index (χ4v) is 2.72. The number of carbonyl (C=O) groups excluding carboxylic acids is 1. The van der Waals surface area contributed by atoms with E-state index in [0.717, 1.165) is 11.4 Å². The molecule has 1 aliphatic rings. The fourth-order valence-electron chi connectivity index (χ4n) is 2.41. The number of rotatable bonds is 1. The van der Waals surface area contributed by atoms with Gasteiger partial charge in [-0.3, -0.25) is 14.6 Å². The van der Waals surface area contributed by atoms with E-state index in [2.05, 4.69) is 25.9 Å². The van der Waals surface area contributed by atoms with Crippen LogP contribution in [0.2, 0.25) is 0 Å². The Morgan fingerprint density at radius 3 is 3.10 bits per heavy atom. The molecule has 1 aliphatic heterocycles. The second-order valence-electron chi connectivity index (χ2n) is 4.64. The maximum atomic E-state index is 12.7. The quantitative estimate of drug-likeness (QED) is 0.868. The average molecular weight is 334 g/mol. The predicted molar refractivity (Wildman–Crippen MR) is 79.1 cm³/mol. The van der Waals surface area contributed by atoms with Gasteiger partial charge in [0.2, 0.25) is 0 Å². The summed E-state index contributed by atoms with van der Waals surface area (Å²) in [6, 6.07) is 3.65. The third kappa shape index (κ3) is 1.96. The van der Waals surface area contributed by atoms with Gasteiger partial charge in [0.25, 0.3) is 11.5 Å². The van der Waals surface area contributed by atoms with E-state index in [1.807, 2.05) is 6.07 Å². The third-order valence-electron chi connectivity index (χ3n) is 3.48. The Labute approximate surface area is 123 Å². The van der Waals surface area contributed by atoms with Crippen LogP contribution in [-0.4, -0.2) is 22.4 Å². The summed E-state index contributed by atoms with van der Waals surface area (Å²) in [4.78, 5) is 33.1. The number of nitrogens with zero attached hydrogens (tertiary/aromatic N) is 2. The van der Waals surface area contributed by atoms with Crippen molar-refractivity contribution in [3.8, 4) is 0 Å². The van der Waals surface area contributed by atoms with Crippen molar-refractivity contribution < 1.29 is 4.79 Å². The summed E-state index contributed by atoms with van der Waals surface area (Å²) in [5, 5.41) is 0. The van der Waals surface area contributed by atoms with E-state index < -0.39 is 0 Å². The van der Waals surface area contributed by atoms with Gasteiger partial charge >= 0.3 is 0 Å². The van der Waals surface area contributed by atoms with Gasteiger partial charge in [0.05, 0.1) is 11.4 Å². The highest BCUT2D eigenvalue weighted by Crippen LogP contribution is 2.27. The van der Waals surface area contributed by atoms with E-state index in [4.69, 9.17) is 0 Å². The summed E-state index contributed by atoms with van der Waals surface area (Å²) in [6.45, 7) is 2.31. The molecule has 102 valence electrons. The number of pyridine rings is 2. The van der Waals surface area contributed by atoms with Gasteiger partial charge < -0.3 is 9.88 Å². The number of anilines is 1. The van der Waals surface area contributed by atoms with Crippen molar-refractivity contribution in [2.45, 2.75) is 13.3 Å². The summed E-state index contributed by atoms with van der Waals surface area (Å²) in [6.07, 6.45) is 3.98. The summed E-state index contributed by atoms with van der Waals surface area (Å²) in [5.41, 5.74) is 2.14. The highest BCUT2D eigenvalue weighted by Gasteiger charge is 2.29. The van der Waals surface area contributed by atoms with Gasteiger partial charge in [0, 0.05) is 29.8 Å². The zero-order chi connectivity index (χ0) is 14.3. The lowest BCUT2D eigenvalue weighted by molar-refractivity contribution is 0.0987. The van der Waals surface area contributed by atoms with Gasteiger partial charge in [-0.05, 0) is 40.5 Å². The molecule has 2 aromatic rings. The van der Waals surface area contributed by atoms with Gasteiger partial charge in [0.15, 0.2) is 0 Å². The second-order valence-corrected chi connectivity index (χ2v) is 5.50. The molecule has 0 saturated heterocycles. The fraction of sp³-hybridized carbons (Fsp3) is 0.214. The van der Waals surface area contributed by atoms with E-state index in [0.29, 0.717) is 23.0 Å². The topological polar surface area (TPSA) is 66.1 Å². The minimum atomic E-state index is -0.368. The van der Waals surface area contributed by atoms with Crippen LogP contribution in [0, 0.1) is 6.92 Å². The van der Waals surface area contributed by atoms with Crippen molar-refractivity contribution in [1.82, 2.24) is 9.97 Å². The lowest BCUT2D eigenvalue weighted by atomic mass is 10.1. The largest absolute Gasteiger partial charge is 0.327 e. The summed E-state index contributed by atoms with van der Waals surface area (Å²) in [7, 11) is 0. The van der Waals surface area contributed by atoms with E-state index >= 15 is 0 Å². The number of H-pyrrole nitrogens is 1. The van der Waals surface area contributed by atoms with Crippen LogP contribution in [0.3, 0.4) is 0 Å². The summed E-state index contributed by atoms with van der Waals surface area (Å²) in [5.74, 6) is -0.281. The van der Waals surface area contributed by atoms with Crippen LogP contribution in [0.15, 0.2) is 33.8 Å². The highest BCUT2D eigenvalue weighted by molar-refractivity contribution is 9.10. The normalized spacial score (nSPS) is 13.4. The van der Waals surface area contributed by atoms with Gasteiger partial charge in [-0.15, -0.1) is 0 Å². The molecule has 3 heterocycles. The Balaban J connectivity index is 2.08. The number of hydrogen-bond acceptors (Lipinski definition) is 3. The number of nitrogens with one attached hydrogen (secondary N) is 1. The first-order valence-electron chi connectivity index (χ1n) is 6.23. The lowest BCUT2D eigenvalue weighted by Crippen LogP contribution is -2.34. The summed E-state index contributed by atoms with van der Waals surface area (Å²) < 4.78 is 0.714. The van der Waals surface area contributed by atoms with Crippen LogP contribution in [0.4, 0.5) is 5.69 Å². The Kier molecular flexibility index (Phi) is 3.17. The Bertz CT molecular complexity index is 754. The maximum Gasteiger partial charge on any atom is 0.264 e. The van der Waals surface area contributed by atoms with Crippen LogP contribution in [0.1, 0.15) is 21.6 Å². The molecule has 20 heavy (non-hydrogen) atoms. The summed E-state index contributed by atoms with van der Waals surface area (Å²) >= 11 is 3.34. The van der Waals surface area contributed by atoms with Gasteiger partial charge in [-0.2, -0.15) is 0 Å². The molecule has 0 spiro atoms. The van der Waals surface area contributed by atoms with Crippen LogP contribution in [0.25, 0.3) is 0 Å². The number of aromatic amines is 1. The first kappa shape index (κ1) is 13.1. The lowest BCUT2D eigenvalue weighted by Gasteiger charge is -2.17. The zero-order valence-electron chi connectivity index (χ0n) is 10.8. The Morgan fingerprint density at radius 2 is 2.30 bits per heavy atom. The van der Waals surface area contributed by atoms with Gasteiger partial charge in [0.1, 0.15) is 5.56 Å². The van der Waals surface area contributed by atoms with Crippen LogP contribution >= 0.6 is 15.9 Å². The van der Waals surface area contributed by atoms with Crippen LogP contribution in [0.5, 0.6) is 0 Å². The van der Waals surface area contributed by atoms with E-state index in [1.54, 1.807) is 30.3 Å². The van der Waals surface area contributed by atoms with Crippen LogP contribution in [-0.2, 0) is 6.42 Å². The average Bonchev–Trinajstić information content (AvgIpc) is 2.87. The van der Waals surface area contributed by atoms with Crippen molar-refractivity contribution in [3.05, 3.63) is 56.2 Å². The molecule has 0 fully saturated rings. The first-order chi connectivity index (χ1) is 9.59. The molecule has 0 aliphatic carbocycles. The molecule has 1 N–H and O–H groups in total. The number of carbonyl (C=O) groups is 1. The minimum absolute atomic E-state index is 0.177. The Hall–Kier alpha value is -1.95. The standard InChI is InChI=1S/C14H12BrN3O2/c1-8-9(15)7-17-13(19)12(8)14(20)18-6-4-10-11(18)3-2-5-16-10/h2-3,5,7H,4,6H2,1H3,(H,17,19). The van der Waals surface area contributed by atoms with Crippen molar-refractivity contribution in [2.75, 3.05) is 11.4 Å². The molecule has 0 saturated carbocycles. The minimum Gasteiger partial charge on any atom is -0.327 e. The molecule has 1 amide bonds. The molecule has 0 aromatic carbocycles. The SMILES string of the molecule is Cc1c(Br)c[nH]c(=O)c1C(=O)N1CCc2ncccc21. The molecular formula is C14H12BrN3O2. The molecule has 0 atom stereocenters. The zero-order valence-corrected chi connectivity index (χ0v) is 12.4. The van der Waals surface area contributed by atoms with E-state index in [9.17, 15) is 9.59 Å². The molecule has 6 heteroatoms. The smallest absolute Gasteiger partial charge is 0.264 e. The van der Waals surface area contributed by atoms with Crippen molar-refractivity contribution in [3.63, 3.8) is 0 Å². The third-order valence-corrected chi connectivity index (χ3v) is 4.30. The van der Waals surface area contributed by atoms with E-state index in [1.165, 1.54) is 0 Å². The van der Waals surface area contributed by atoms with Gasteiger partial charge in [-0.25, -0.2) is 0 Å². The molecule has 0 unspecified atom stereocenters. The monoisotopic (exact) mass is 333 g/mol. The predicted octanol–water partition coefficient (Wildman–Crippen LogP) is 2.04. The highest BCUT2D eigenvalue weighted by atomic mass is 79.9. The number of halogens is 1. The molecule has 5 nitrogen and oxygen atoms in total. The molecule has 3 rings (SSSR count). The van der Waals surface area contributed by atoms with Crippen molar-refractivity contribution in [1.29, 1.82) is 0 Å².